The number of ether oxygens (including phenoxy) is 1. The first-order valence-corrected chi connectivity index (χ1v) is 2.69. The highest BCUT2D eigenvalue weighted by Crippen LogP contribution is 2.18. The largest absolute Gasteiger partial charge is 0.445 e. The van der Waals surface area contributed by atoms with Gasteiger partial charge in [-0.3, -0.25) is 0 Å². The van der Waals surface area contributed by atoms with E-state index in [1.165, 1.54) is 6.92 Å². The Labute approximate surface area is 52.1 Å². The van der Waals surface area contributed by atoms with Gasteiger partial charge in [-0.1, -0.05) is 0 Å². The van der Waals surface area contributed by atoms with E-state index in [0.29, 0.717) is 0 Å². The van der Waals surface area contributed by atoms with Crippen LogP contribution in [-0.4, -0.2) is 34.5 Å². The summed E-state index contributed by atoms with van der Waals surface area (Å²) in [6, 6.07) is 0. The number of rotatable bonds is 2. The summed E-state index contributed by atoms with van der Waals surface area (Å²) in [7, 11) is 0. The lowest BCUT2D eigenvalue weighted by molar-refractivity contribution is -0.117. The molecule has 9 heavy (non-hydrogen) atoms. The summed E-state index contributed by atoms with van der Waals surface area (Å²) in [4.78, 5) is 10.1. The fraction of sp³-hybridized carbons (Fsp3) is 0.800. The van der Waals surface area contributed by atoms with Crippen molar-refractivity contribution in [2.45, 2.75) is 25.2 Å². The maximum atomic E-state index is 10.1. The standard InChI is InChI=1S/C5H8O4/c1-2(6)3(7)4-5(8)9-4/h2-4,6-7H,1H3. The molecule has 1 saturated heterocycles. The van der Waals surface area contributed by atoms with Crippen molar-refractivity contribution >= 4 is 5.97 Å². The Morgan fingerprint density at radius 3 is 2.22 bits per heavy atom. The normalized spacial score (nSPS) is 31.0. The van der Waals surface area contributed by atoms with E-state index in [2.05, 4.69) is 4.74 Å². The first kappa shape index (κ1) is 6.51. The average Bonchev–Trinajstić information content (AvgIpc) is 2.44. The quantitative estimate of drug-likeness (QED) is 0.456. The van der Waals surface area contributed by atoms with Crippen LogP contribution in [0.4, 0.5) is 0 Å². The molecule has 0 saturated carbocycles. The van der Waals surface area contributed by atoms with E-state index in [0.717, 1.165) is 0 Å². The molecule has 3 atom stereocenters. The van der Waals surface area contributed by atoms with Crippen LogP contribution >= 0.6 is 0 Å². The van der Waals surface area contributed by atoms with Gasteiger partial charge in [0.2, 0.25) is 6.10 Å². The molecule has 0 bridgehead atoms. The SMILES string of the molecule is CC(O)C(O)C1OC1=O. The number of epoxide rings is 1. The third-order valence-corrected chi connectivity index (χ3v) is 1.22. The van der Waals surface area contributed by atoms with E-state index in [-0.39, 0.29) is 0 Å². The van der Waals surface area contributed by atoms with Crippen LogP contribution in [0, 0.1) is 0 Å². The van der Waals surface area contributed by atoms with Gasteiger partial charge in [0.25, 0.3) is 0 Å². The molecule has 52 valence electrons. The minimum absolute atomic E-state index is 0.441. The van der Waals surface area contributed by atoms with Crippen molar-refractivity contribution in [3.63, 3.8) is 0 Å². The van der Waals surface area contributed by atoms with Gasteiger partial charge in [-0.2, -0.15) is 0 Å². The molecule has 0 aromatic carbocycles. The van der Waals surface area contributed by atoms with Gasteiger partial charge in [0.05, 0.1) is 6.10 Å². The molecule has 0 aliphatic carbocycles. The summed E-state index contributed by atoms with van der Waals surface area (Å²) < 4.78 is 4.29. The first-order valence-electron chi connectivity index (χ1n) is 2.69. The maximum absolute atomic E-state index is 10.1. The zero-order valence-electron chi connectivity index (χ0n) is 4.94. The molecule has 1 aliphatic heterocycles. The number of cyclic esters (lactones) is 1. The van der Waals surface area contributed by atoms with E-state index >= 15 is 0 Å². The van der Waals surface area contributed by atoms with Crippen molar-refractivity contribution in [1.29, 1.82) is 0 Å². The summed E-state index contributed by atoms with van der Waals surface area (Å²) in [5.74, 6) is -0.441. The van der Waals surface area contributed by atoms with Gasteiger partial charge in [-0.15, -0.1) is 0 Å². The number of carbonyl (C=O) groups excluding carboxylic acids is 1. The number of aliphatic hydroxyl groups is 2. The lowest BCUT2D eigenvalue weighted by Gasteiger charge is -2.06. The maximum Gasteiger partial charge on any atom is 0.351 e. The Kier molecular flexibility index (Phi) is 1.42. The predicted molar refractivity (Wildman–Crippen MR) is 27.6 cm³/mol. The molecule has 0 spiro atoms. The Morgan fingerprint density at radius 2 is 2.11 bits per heavy atom. The molecule has 1 aliphatic rings. The summed E-state index contributed by atoms with van der Waals surface area (Å²) in [6.45, 7) is 1.40. The third-order valence-electron chi connectivity index (χ3n) is 1.22. The van der Waals surface area contributed by atoms with Crippen molar-refractivity contribution in [2.75, 3.05) is 0 Å². The molecule has 1 heterocycles. The monoisotopic (exact) mass is 132 g/mol. The molecule has 4 nitrogen and oxygen atoms in total. The van der Waals surface area contributed by atoms with Crippen LogP contribution in [0.25, 0.3) is 0 Å². The lowest BCUT2D eigenvalue weighted by atomic mass is 10.2. The highest BCUT2D eigenvalue weighted by atomic mass is 16.7. The molecule has 1 fully saturated rings. The van der Waals surface area contributed by atoms with Crippen LogP contribution in [0.2, 0.25) is 0 Å². The van der Waals surface area contributed by atoms with Gasteiger partial charge in [-0.05, 0) is 6.92 Å². The average molecular weight is 132 g/mol. The van der Waals surface area contributed by atoms with E-state index in [4.69, 9.17) is 10.2 Å². The lowest BCUT2D eigenvalue weighted by Crippen LogP contribution is -2.28. The van der Waals surface area contributed by atoms with Gasteiger partial charge in [0, 0.05) is 0 Å². The fourth-order valence-corrected chi connectivity index (χ4v) is 0.553. The van der Waals surface area contributed by atoms with Crippen LogP contribution < -0.4 is 0 Å². The third kappa shape index (κ3) is 1.20. The summed E-state index contributed by atoms with van der Waals surface area (Å²) >= 11 is 0. The van der Waals surface area contributed by atoms with Crippen LogP contribution in [0.3, 0.4) is 0 Å². The fourth-order valence-electron chi connectivity index (χ4n) is 0.553. The number of aliphatic hydroxyl groups excluding tert-OH is 2. The van der Waals surface area contributed by atoms with E-state index in [1.54, 1.807) is 0 Å². The smallest absolute Gasteiger partial charge is 0.351 e. The molecule has 0 aromatic heterocycles. The molecule has 2 N–H and O–H groups in total. The Hall–Kier alpha value is -0.610. The molecule has 0 radical (unpaired) electrons. The summed E-state index contributed by atoms with van der Waals surface area (Å²) in [5, 5.41) is 17.5. The van der Waals surface area contributed by atoms with Crippen molar-refractivity contribution in [2.24, 2.45) is 0 Å². The highest BCUT2D eigenvalue weighted by molar-refractivity contribution is 5.88. The number of carbonyl (C=O) groups is 1. The van der Waals surface area contributed by atoms with Crippen molar-refractivity contribution in [1.82, 2.24) is 0 Å². The second-order valence-corrected chi connectivity index (χ2v) is 2.09. The van der Waals surface area contributed by atoms with Gasteiger partial charge < -0.3 is 14.9 Å². The van der Waals surface area contributed by atoms with E-state index < -0.39 is 24.3 Å². The zero-order valence-corrected chi connectivity index (χ0v) is 4.94. The zero-order chi connectivity index (χ0) is 7.02. The van der Waals surface area contributed by atoms with Crippen LogP contribution in [-0.2, 0) is 9.53 Å². The van der Waals surface area contributed by atoms with Gasteiger partial charge in [0.15, 0.2) is 0 Å². The summed E-state index contributed by atoms with van der Waals surface area (Å²) in [5.41, 5.74) is 0. The van der Waals surface area contributed by atoms with Crippen LogP contribution in [0.15, 0.2) is 0 Å². The predicted octanol–water partition coefficient (Wildman–Crippen LogP) is -1.35. The van der Waals surface area contributed by atoms with Crippen molar-refractivity contribution < 1.29 is 19.7 Å². The second-order valence-electron chi connectivity index (χ2n) is 2.09. The molecule has 1 rings (SSSR count). The second kappa shape index (κ2) is 1.97. The summed E-state index contributed by atoms with van der Waals surface area (Å²) in [6.07, 6.45) is -2.73. The molecule has 0 aromatic rings. The highest BCUT2D eigenvalue weighted by Gasteiger charge is 2.46. The van der Waals surface area contributed by atoms with Gasteiger partial charge >= 0.3 is 5.97 Å². The molecular formula is C5H8O4. The van der Waals surface area contributed by atoms with Crippen molar-refractivity contribution in [3.05, 3.63) is 0 Å². The van der Waals surface area contributed by atoms with Crippen LogP contribution in [0.5, 0.6) is 0 Å². The van der Waals surface area contributed by atoms with Gasteiger partial charge in [0.1, 0.15) is 6.10 Å². The first-order chi connectivity index (χ1) is 4.13. The Morgan fingerprint density at radius 1 is 1.67 bits per heavy atom. The van der Waals surface area contributed by atoms with E-state index in [1.807, 2.05) is 0 Å². The van der Waals surface area contributed by atoms with Gasteiger partial charge in [-0.25, -0.2) is 4.79 Å². The van der Waals surface area contributed by atoms with E-state index in [9.17, 15) is 4.79 Å². The topological polar surface area (TPSA) is 70.1 Å². The molecular weight excluding hydrogens is 124 g/mol. The minimum atomic E-state index is -1.06. The number of hydrogen-bond donors (Lipinski definition) is 2. The molecule has 3 unspecified atom stereocenters. The number of hydrogen-bond acceptors (Lipinski definition) is 4. The minimum Gasteiger partial charge on any atom is -0.445 e. The molecule has 4 heteroatoms. The Balaban J connectivity index is 2.35. The molecule has 0 amide bonds. The Bertz CT molecular complexity index is 131. The van der Waals surface area contributed by atoms with Crippen LogP contribution in [0.1, 0.15) is 6.92 Å². The van der Waals surface area contributed by atoms with Crippen molar-refractivity contribution in [3.8, 4) is 0 Å².